The number of ether oxygens (including phenoxy) is 2. The lowest BCUT2D eigenvalue weighted by Crippen LogP contribution is -2.42. The summed E-state index contributed by atoms with van der Waals surface area (Å²) in [4.78, 5) is 27.1. The van der Waals surface area contributed by atoms with Crippen molar-refractivity contribution in [2.24, 2.45) is 5.92 Å². The zero-order chi connectivity index (χ0) is 25.4. The van der Waals surface area contributed by atoms with Gasteiger partial charge >= 0.3 is 13.7 Å². The van der Waals surface area contributed by atoms with Crippen molar-refractivity contribution in [3.63, 3.8) is 0 Å². The lowest BCUT2D eigenvalue weighted by molar-refractivity contribution is -0.134. The Morgan fingerprint density at radius 1 is 1.22 bits per heavy atom. The van der Waals surface area contributed by atoms with Gasteiger partial charge in [-0.05, 0) is 66.0 Å². The molecule has 3 aliphatic rings. The minimum Gasteiger partial charge on any atom is -0.489 e. The smallest absolute Gasteiger partial charge is 0.489 e. The van der Waals surface area contributed by atoms with Gasteiger partial charge in [0.2, 0.25) is 11.8 Å². The molecule has 1 unspecified atom stereocenters. The fraction of sp³-hybridized carbons (Fsp3) is 0.440. The first-order chi connectivity index (χ1) is 17.3. The number of hydrogen-bond acceptors (Lipinski definition) is 6. The molecule has 11 heteroatoms. The summed E-state index contributed by atoms with van der Waals surface area (Å²) in [5, 5.41) is 12.8. The topological polar surface area (TPSA) is 97.3 Å². The number of nitrogens with one attached hydrogen (secondary N) is 1. The monoisotopic (exact) mass is 500 g/mol. The summed E-state index contributed by atoms with van der Waals surface area (Å²) in [6, 6.07) is 9.27. The number of carbonyl (C=O) groups excluding carboxylic acids is 2. The molecular formula is C25H27BF2N2O6. The van der Waals surface area contributed by atoms with Crippen molar-refractivity contribution in [1.82, 2.24) is 4.90 Å². The molecular weight excluding hydrogens is 473 g/mol. The van der Waals surface area contributed by atoms with E-state index in [1.54, 1.807) is 30.3 Å². The van der Waals surface area contributed by atoms with Gasteiger partial charge in [-0.2, -0.15) is 8.78 Å². The molecule has 1 saturated heterocycles. The molecule has 2 N–H and O–H groups in total. The van der Waals surface area contributed by atoms with Crippen LogP contribution in [-0.2, 0) is 20.9 Å². The largest absolute Gasteiger partial charge is 0.491 e. The molecule has 2 aromatic rings. The van der Waals surface area contributed by atoms with Crippen molar-refractivity contribution in [2.45, 2.75) is 51.4 Å². The lowest BCUT2D eigenvalue weighted by Gasteiger charge is -2.22. The van der Waals surface area contributed by atoms with Crippen LogP contribution in [-0.4, -0.2) is 54.7 Å². The highest BCUT2D eigenvalue weighted by atomic mass is 19.3. The van der Waals surface area contributed by atoms with Crippen LogP contribution in [0.3, 0.4) is 0 Å². The summed E-state index contributed by atoms with van der Waals surface area (Å²) in [5.74, 6) is -0.146. The quantitative estimate of drug-likeness (QED) is 0.542. The highest BCUT2D eigenvalue weighted by Gasteiger charge is 2.39. The standard InChI is InChI=1S/C25H27BF2N2O6/c1-14(31)30-11-18(16-5-7-22(36-25(27)28)23(9-16)34-12-15-2-3-15)8-21(30)24(32)29-19-6-4-17-13-35-26(33)20(17)10-19/h4-7,9-10,15,18,21,25,33H,2-3,8,11-13H2,1H3,(H,29,32)/t18?,21-/m1/s1. The summed E-state index contributed by atoms with van der Waals surface area (Å²) in [5.41, 5.74) is 2.73. The Morgan fingerprint density at radius 2 is 2.03 bits per heavy atom. The van der Waals surface area contributed by atoms with E-state index >= 15 is 0 Å². The van der Waals surface area contributed by atoms with Crippen LogP contribution in [0.5, 0.6) is 11.5 Å². The number of carbonyl (C=O) groups is 2. The normalized spacial score (nSPS) is 21.0. The van der Waals surface area contributed by atoms with Gasteiger partial charge in [-0.25, -0.2) is 0 Å². The molecule has 8 nitrogen and oxygen atoms in total. The molecule has 2 heterocycles. The number of likely N-dealkylation sites (tertiary alicyclic amines) is 1. The van der Waals surface area contributed by atoms with Crippen LogP contribution in [0.4, 0.5) is 14.5 Å². The number of nitrogens with zero attached hydrogens (tertiary/aromatic N) is 1. The maximum Gasteiger partial charge on any atom is 0.491 e. The second kappa shape index (κ2) is 10.1. The van der Waals surface area contributed by atoms with E-state index in [1.165, 1.54) is 17.9 Å². The molecule has 2 amide bonds. The highest BCUT2D eigenvalue weighted by molar-refractivity contribution is 6.61. The fourth-order valence-corrected chi connectivity index (χ4v) is 4.77. The molecule has 2 atom stereocenters. The van der Waals surface area contributed by atoms with Gasteiger partial charge in [-0.15, -0.1) is 0 Å². The van der Waals surface area contributed by atoms with Crippen LogP contribution in [0.25, 0.3) is 0 Å². The van der Waals surface area contributed by atoms with Crippen molar-refractivity contribution in [3.8, 4) is 11.5 Å². The predicted octanol–water partition coefficient (Wildman–Crippen LogP) is 2.64. The summed E-state index contributed by atoms with van der Waals surface area (Å²) < 4.78 is 41.4. The number of rotatable bonds is 8. The first-order valence-electron chi connectivity index (χ1n) is 12.0. The fourth-order valence-electron chi connectivity index (χ4n) is 4.77. The third kappa shape index (κ3) is 5.32. The van der Waals surface area contributed by atoms with E-state index in [0.717, 1.165) is 24.0 Å². The Balaban J connectivity index is 1.33. The lowest BCUT2D eigenvalue weighted by atomic mass is 9.79. The maximum atomic E-state index is 13.2. The molecule has 36 heavy (non-hydrogen) atoms. The number of hydrogen-bond donors (Lipinski definition) is 2. The second-order valence-corrected chi connectivity index (χ2v) is 9.53. The van der Waals surface area contributed by atoms with E-state index in [2.05, 4.69) is 10.1 Å². The minimum absolute atomic E-state index is 0.0344. The SMILES string of the molecule is CC(=O)N1CC(c2ccc(OC(F)F)c(OCC3CC3)c2)C[C@@H]1C(=O)Nc1ccc2c(c1)B(O)OC2. The maximum absolute atomic E-state index is 13.2. The third-order valence-corrected chi connectivity index (χ3v) is 6.91. The number of benzene rings is 2. The summed E-state index contributed by atoms with van der Waals surface area (Å²) in [7, 11) is -1.03. The Bertz CT molecular complexity index is 1160. The first kappa shape index (κ1) is 24.5. The molecule has 0 spiro atoms. The zero-order valence-electron chi connectivity index (χ0n) is 19.8. The highest BCUT2D eigenvalue weighted by Crippen LogP contribution is 2.39. The van der Waals surface area contributed by atoms with Gasteiger partial charge in [0, 0.05) is 25.1 Å². The van der Waals surface area contributed by atoms with Crippen LogP contribution < -0.4 is 20.3 Å². The second-order valence-electron chi connectivity index (χ2n) is 9.53. The molecule has 0 radical (unpaired) electrons. The van der Waals surface area contributed by atoms with Crippen LogP contribution in [0, 0.1) is 5.92 Å². The van der Waals surface area contributed by atoms with Crippen LogP contribution in [0.1, 0.15) is 43.2 Å². The zero-order valence-corrected chi connectivity index (χ0v) is 19.8. The number of fused-ring (bicyclic) bond motifs is 1. The Labute approximate surface area is 207 Å². The molecule has 2 fully saturated rings. The van der Waals surface area contributed by atoms with Gasteiger partial charge in [0.1, 0.15) is 6.04 Å². The average Bonchev–Trinajstić information content (AvgIpc) is 3.44. The summed E-state index contributed by atoms with van der Waals surface area (Å²) >= 11 is 0. The van der Waals surface area contributed by atoms with E-state index in [9.17, 15) is 23.4 Å². The van der Waals surface area contributed by atoms with Gasteiger partial charge in [-0.1, -0.05) is 12.1 Å². The number of anilines is 1. The summed E-state index contributed by atoms with van der Waals surface area (Å²) in [6.45, 7) is -0.519. The van der Waals surface area contributed by atoms with Crippen molar-refractivity contribution in [1.29, 1.82) is 0 Å². The van der Waals surface area contributed by atoms with E-state index < -0.39 is 19.8 Å². The molecule has 1 saturated carbocycles. The summed E-state index contributed by atoms with van der Waals surface area (Å²) in [6.07, 6.45) is 2.46. The molecule has 5 rings (SSSR count). The van der Waals surface area contributed by atoms with E-state index in [4.69, 9.17) is 9.39 Å². The first-order valence-corrected chi connectivity index (χ1v) is 12.0. The number of alkyl halides is 2. The number of amides is 2. The molecule has 2 aliphatic heterocycles. The van der Waals surface area contributed by atoms with Crippen LogP contribution in [0.2, 0.25) is 0 Å². The van der Waals surface area contributed by atoms with Gasteiger partial charge in [0.15, 0.2) is 11.5 Å². The third-order valence-electron chi connectivity index (χ3n) is 6.91. The van der Waals surface area contributed by atoms with Gasteiger partial charge < -0.3 is 29.4 Å². The predicted molar refractivity (Wildman–Crippen MR) is 127 cm³/mol. The van der Waals surface area contributed by atoms with Crippen LogP contribution in [0.15, 0.2) is 36.4 Å². The van der Waals surface area contributed by atoms with Crippen molar-refractivity contribution >= 4 is 30.1 Å². The van der Waals surface area contributed by atoms with Crippen LogP contribution >= 0.6 is 0 Å². The molecule has 190 valence electrons. The van der Waals surface area contributed by atoms with Gasteiger partial charge in [0.05, 0.1) is 13.2 Å². The van der Waals surface area contributed by atoms with Crippen molar-refractivity contribution in [3.05, 3.63) is 47.5 Å². The van der Waals surface area contributed by atoms with Gasteiger partial charge in [0.25, 0.3) is 0 Å². The van der Waals surface area contributed by atoms with E-state index in [-0.39, 0.29) is 29.2 Å². The van der Waals surface area contributed by atoms with Crippen molar-refractivity contribution < 1.29 is 37.5 Å². The molecule has 0 aromatic heterocycles. The van der Waals surface area contributed by atoms with Gasteiger partial charge in [-0.3, -0.25) is 9.59 Å². The number of halogens is 2. The molecule has 1 aliphatic carbocycles. The molecule has 0 bridgehead atoms. The molecule has 2 aromatic carbocycles. The Kier molecular flexibility index (Phi) is 6.85. The minimum atomic E-state index is -2.97. The average molecular weight is 500 g/mol. The van der Waals surface area contributed by atoms with Crippen molar-refractivity contribution in [2.75, 3.05) is 18.5 Å². The van der Waals surface area contributed by atoms with E-state index in [1.807, 2.05) is 0 Å². The van der Waals surface area contributed by atoms with E-state index in [0.29, 0.717) is 43.2 Å². The Hall–Kier alpha value is -3.18. The Morgan fingerprint density at radius 3 is 2.75 bits per heavy atom.